The first-order chi connectivity index (χ1) is 8.95. The van der Waals surface area contributed by atoms with E-state index in [9.17, 15) is 8.42 Å². The van der Waals surface area contributed by atoms with Crippen molar-refractivity contribution in [3.05, 3.63) is 17.6 Å². The summed E-state index contributed by atoms with van der Waals surface area (Å²) in [6, 6.07) is 1.39. The molecule has 1 saturated heterocycles. The fraction of sp³-hybridized carbons (Fsp3) is 0.667. The molecule has 0 radical (unpaired) electrons. The molecule has 0 aromatic carbocycles. The van der Waals surface area contributed by atoms with Gasteiger partial charge >= 0.3 is 0 Å². The molecule has 1 atom stereocenters. The molecule has 1 unspecified atom stereocenters. The van der Waals surface area contributed by atoms with E-state index in [0.717, 1.165) is 0 Å². The molecular weight excluding hydrogens is 270 g/mol. The lowest BCUT2D eigenvalue weighted by molar-refractivity contribution is 0.0752. The van der Waals surface area contributed by atoms with E-state index < -0.39 is 10.0 Å². The molecule has 0 saturated carbocycles. The summed E-state index contributed by atoms with van der Waals surface area (Å²) < 4.78 is 37.2. The molecule has 1 aliphatic rings. The van der Waals surface area contributed by atoms with Crippen LogP contribution >= 0.6 is 0 Å². The first kappa shape index (κ1) is 14.5. The highest BCUT2D eigenvalue weighted by molar-refractivity contribution is 7.89. The highest BCUT2D eigenvalue weighted by Gasteiger charge is 2.31. The standard InChI is InChI=1S/C12H19NO5S/c1-9-7-13(4-3-5-17-9)19(15,16)12-6-11(8-14)18-10(12)2/h6,9,14H,3-5,7-8H2,1-2H3. The van der Waals surface area contributed by atoms with Crippen molar-refractivity contribution >= 4 is 10.0 Å². The van der Waals surface area contributed by atoms with Gasteiger partial charge in [0.1, 0.15) is 23.0 Å². The molecule has 0 bridgehead atoms. The summed E-state index contributed by atoms with van der Waals surface area (Å²) in [7, 11) is -3.59. The van der Waals surface area contributed by atoms with Crippen molar-refractivity contribution in [2.24, 2.45) is 0 Å². The van der Waals surface area contributed by atoms with Crippen molar-refractivity contribution < 1.29 is 22.7 Å². The van der Waals surface area contributed by atoms with E-state index in [1.54, 1.807) is 6.92 Å². The molecule has 6 nitrogen and oxygen atoms in total. The average molecular weight is 289 g/mol. The Hall–Kier alpha value is -0.890. The highest BCUT2D eigenvalue weighted by Crippen LogP contribution is 2.25. The van der Waals surface area contributed by atoms with Crippen LogP contribution in [0.25, 0.3) is 0 Å². The van der Waals surface area contributed by atoms with Crippen LogP contribution in [-0.4, -0.2) is 43.6 Å². The van der Waals surface area contributed by atoms with Gasteiger partial charge in [0.15, 0.2) is 0 Å². The minimum absolute atomic E-state index is 0.123. The van der Waals surface area contributed by atoms with E-state index in [1.807, 2.05) is 6.92 Å². The molecule has 108 valence electrons. The summed E-state index contributed by atoms with van der Waals surface area (Å²) in [5, 5.41) is 9.02. The molecular formula is C12H19NO5S. The number of aliphatic hydroxyl groups is 1. The zero-order valence-corrected chi connectivity index (χ0v) is 11.9. The summed E-state index contributed by atoms with van der Waals surface area (Å²) in [5.41, 5.74) is 0. The van der Waals surface area contributed by atoms with Gasteiger partial charge in [0.05, 0.1) is 6.10 Å². The second-order valence-electron chi connectivity index (χ2n) is 4.69. The van der Waals surface area contributed by atoms with Crippen LogP contribution < -0.4 is 0 Å². The van der Waals surface area contributed by atoms with Gasteiger partial charge in [-0.3, -0.25) is 0 Å². The van der Waals surface area contributed by atoms with Gasteiger partial charge in [0, 0.05) is 25.8 Å². The van der Waals surface area contributed by atoms with Crippen LogP contribution in [0.15, 0.2) is 15.4 Å². The van der Waals surface area contributed by atoms with Crippen molar-refractivity contribution in [1.82, 2.24) is 4.31 Å². The number of hydrogen-bond donors (Lipinski definition) is 1. The molecule has 0 spiro atoms. The highest BCUT2D eigenvalue weighted by atomic mass is 32.2. The maximum atomic E-state index is 12.6. The number of rotatable bonds is 3. The number of hydrogen-bond acceptors (Lipinski definition) is 5. The van der Waals surface area contributed by atoms with E-state index in [-0.39, 0.29) is 23.4 Å². The third-order valence-electron chi connectivity index (χ3n) is 3.11. The van der Waals surface area contributed by atoms with Crippen LogP contribution in [0.5, 0.6) is 0 Å². The fourth-order valence-electron chi connectivity index (χ4n) is 2.17. The molecule has 1 N–H and O–H groups in total. The van der Waals surface area contributed by atoms with Crippen LogP contribution in [0.1, 0.15) is 24.9 Å². The van der Waals surface area contributed by atoms with Gasteiger partial charge in [-0.05, 0) is 20.3 Å². The Balaban J connectivity index is 2.32. The number of sulfonamides is 1. The van der Waals surface area contributed by atoms with Crippen LogP contribution in [-0.2, 0) is 21.4 Å². The molecule has 2 rings (SSSR count). The minimum Gasteiger partial charge on any atom is -0.462 e. The Morgan fingerprint density at radius 2 is 2.26 bits per heavy atom. The predicted molar refractivity (Wildman–Crippen MR) is 68.2 cm³/mol. The number of aliphatic hydroxyl groups excluding tert-OH is 1. The van der Waals surface area contributed by atoms with Crippen LogP contribution in [0.2, 0.25) is 0 Å². The van der Waals surface area contributed by atoms with Crippen molar-refractivity contribution in [2.45, 2.75) is 37.9 Å². The zero-order chi connectivity index (χ0) is 14.0. The monoisotopic (exact) mass is 289 g/mol. The van der Waals surface area contributed by atoms with Gasteiger partial charge in [-0.1, -0.05) is 0 Å². The molecule has 1 aliphatic heterocycles. The van der Waals surface area contributed by atoms with E-state index in [2.05, 4.69) is 0 Å². The molecule has 1 fully saturated rings. The SMILES string of the molecule is Cc1oc(CO)cc1S(=O)(=O)N1CCCOC(C)C1. The van der Waals surface area contributed by atoms with Crippen molar-refractivity contribution in [3.63, 3.8) is 0 Å². The smallest absolute Gasteiger partial charge is 0.246 e. The summed E-state index contributed by atoms with van der Waals surface area (Å²) in [6.45, 7) is 4.47. The van der Waals surface area contributed by atoms with Crippen LogP contribution in [0.4, 0.5) is 0 Å². The zero-order valence-electron chi connectivity index (χ0n) is 11.1. The van der Waals surface area contributed by atoms with E-state index in [0.29, 0.717) is 31.9 Å². The quantitative estimate of drug-likeness (QED) is 0.893. The van der Waals surface area contributed by atoms with Gasteiger partial charge in [0.2, 0.25) is 10.0 Å². The molecule has 7 heteroatoms. The lowest BCUT2D eigenvalue weighted by Gasteiger charge is -2.21. The first-order valence-corrected chi connectivity index (χ1v) is 7.71. The molecule has 19 heavy (non-hydrogen) atoms. The fourth-order valence-corrected chi connectivity index (χ4v) is 3.91. The predicted octanol–water partition coefficient (Wildman–Crippen LogP) is 0.880. The maximum absolute atomic E-state index is 12.6. The molecule has 0 aliphatic carbocycles. The van der Waals surface area contributed by atoms with E-state index in [1.165, 1.54) is 10.4 Å². The van der Waals surface area contributed by atoms with Gasteiger partial charge in [-0.25, -0.2) is 8.42 Å². The van der Waals surface area contributed by atoms with Crippen LogP contribution in [0.3, 0.4) is 0 Å². The Labute approximate surface area is 113 Å². The lowest BCUT2D eigenvalue weighted by Crippen LogP contribution is -2.36. The Morgan fingerprint density at radius 3 is 2.89 bits per heavy atom. The molecule has 1 aromatic heterocycles. The second-order valence-corrected chi connectivity index (χ2v) is 6.60. The van der Waals surface area contributed by atoms with Gasteiger partial charge < -0.3 is 14.3 Å². The van der Waals surface area contributed by atoms with E-state index >= 15 is 0 Å². The number of aryl methyl sites for hydroxylation is 1. The van der Waals surface area contributed by atoms with E-state index in [4.69, 9.17) is 14.3 Å². The summed E-state index contributed by atoms with van der Waals surface area (Å²) in [5.74, 6) is 0.567. The molecule has 1 aromatic rings. The van der Waals surface area contributed by atoms with Gasteiger partial charge in [-0.15, -0.1) is 0 Å². The topological polar surface area (TPSA) is 80.0 Å². The number of ether oxygens (including phenoxy) is 1. The Morgan fingerprint density at radius 1 is 1.53 bits per heavy atom. The van der Waals surface area contributed by atoms with Crippen molar-refractivity contribution in [3.8, 4) is 0 Å². The largest absolute Gasteiger partial charge is 0.462 e. The number of furan rings is 1. The molecule has 0 amide bonds. The number of nitrogens with zero attached hydrogens (tertiary/aromatic N) is 1. The normalized spacial score (nSPS) is 22.4. The minimum atomic E-state index is -3.59. The molecule has 2 heterocycles. The summed E-state index contributed by atoms with van der Waals surface area (Å²) in [6.07, 6.45) is 0.551. The van der Waals surface area contributed by atoms with Crippen molar-refractivity contribution in [2.75, 3.05) is 19.7 Å². The average Bonchev–Trinajstić information content (AvgIpc) is 2.60. The van der Waals surface area contributed by atoms with Crippen molar-refractivity contribution in [1.29, 1.82) is 0 Å². The summed E-state index contributed by atoms with van der Waals surface area (Å²) >= 11 is 0. The first-order valence-electron chi connectivity index (χ1n) is 6.27. The third-order valence-corrected chi connectivity index (χ3v) is 5.08. The summed E-state index contributed by atoms with van der Waals surface area (Å²) in [4.78, 5) is 0.130. The van der Waals surface area contributed by atoms with Gasteiger partial charge in [0.25, 0.3) is 0 Å². The lowest BCUT2D eigenvalue weighted by atomic mass is 10.4. The third kappa shape index (κ3) is 3.00. The van der Waals surface area contributed by atoms with Gasteiger partial charge in [-0.2, -0.15) is 4.31 Å². The Bertz CT molecular complexity index is 536. The Kier molecular flexibility index (Phi) is 4.29. The maximum Gasteiger partial charge on any atom is 0.246 e. The second kappa shape index (κ2) is 5.62. The van der Waals surface area contributed by atoms with Crippen LogP contribution in [0, 0.1) is 6.92 Å².